The summed E-state index contributed by atoms with van der Waals surface area (Å²) < 4.78 is 0. The highest BCUT2D eigenvalue weighted by Gasteiger charge is 2.17. The highest BCUT2D eigenvalue weighted by molar-refractivity contribution is 5.75. The lowest BCUT2D eigenvalue weighted by molar-refractivity contribution is -0.130. The minimum Gasteiger partial charge on any atom is -0.349 e. The molecule has 0 rings (SSSR count). The number of amides is 1. The maximum Gasteiger partial charge on any atom is 0.222 e. The second-order valence-electron chi connectivity index (χ2n) is 3.90. The monoisotopic (exact) mass is 181 g/mol. The van der Waals surface area contributed by atoms with Crippen molar-refractivity contribution in [1.82, 2.24) is 4.90 Å². The van der Waals surface area contributed by atoms with E-state index in [0.29, 0.717) is 24.7 Å². The quantitative estimate of drug-likeness (QED) is 0.605. The largest absolute Gasteiger partial charge is 0.349 e. The molecule has 0 saturated heterocycles. The zero-order valence-corrected chi connectivity index (χ0v) is 9.00. The molecule has 0 heterocycles. The van der Waals surface area contributed by atoms with E-state index in [9.17, 15) is 4.79 Å². The predicted molar refractivity (Wildman–Crippen MR) is 55.1 cm³/mol. The molecule has 0 aliphatic rings. The summed E-state index contributed by atoms with van der Waals surface area (Å²) in [5, 5.41) is 0. The van der Waals surface area contributed by atoms with Crippen LogP contribution in [0.15, 0.2) is 0 Å². The molecule has 2 nitrogen and oxygen atoms in total. The highest BCUT2D eigenvalue weighted by Crippen LogP contribution is 2.19. The number of terminal acetylenes is 1. The van der Waals surface area contributed by atoms with Gasteiger partial charge in [-0.15, -0.1) is 12.3 Å². The first-order valence-electron chi connectivity index (χ1n) is 4.62. The van der Waals surface area contributed by atoms with Gasteiger partial charge in [0.1, 0.15) is 0 Å². The molecule has 13 heavy (non-hydrogen) atoms. The van der Waals surface area contributed by atoms with E-state index in [4.69, 9.17) is 6.42 Å². The number of carbonyl (C=O) groups is 1. The lowest BCUT2D eigenvalue weighted by Gasteiger charge is -2.19. The summed E-state index contributed by atoms with van der Waals surface area (Å²) in [5.41, 5.74) is 0. The van der Waals surface area contributed by atoms with Crippen LogP contribution in [0, 0.1) is 24.2 Å². The third-order valence-electron chi connectivity index (χ3n) is 2.26. The van der Waals surface area contributed by atoms with Gasteiger partial charge in [0, 0.05) is 26.9 Å². The fraction of sp³-hybridized carbons (Fsp3) is 0.727. The van der Waals surface area contributed by atoms with Crippen molar-refractivity contribution >= 4 is 5.91 Å². The number of hydrogen-bond donors (Lipinski definition) is 0. The van der Waals surface area contributed by atoms with Gasteiger partial charge in [0.05, 0.1) is 0 Å². The SMILES string of the molecule is C#CCC(CC(=O)N(C)C)C(C)C. The van der Waals surface area contributed by atoms with Gasteiger partial charge >= 0.3 is 0 Å². The first-order valence-corrected chi connectivity index (χ1v) is 4.62. The summed E-state index contributed by atoms with van der Waals surface area (Å²) in [7, 11) is 3.55. The summed E-state index contributed by atoms with van der Waals surface area (Å²) in [6.07, 6.45) is 6.50. The second kappa shape index (κ2) is 5.64. The molecule has 1 unspecified atom stereocenters. The lowest BCUT2D eigenvalue weighted by atomic mass is 9.89. The molecule has 0 radical (unpaired) electrons. The summed E-state index contributed by atoms with van der Waals surface area (Å²) in [6, 6.07) is 0. The highest BCUT2D eigenvalue weighted by atomic mass is 16.2. The molecule has 0 aromatic rings. The van der Waals surface area contributed by atoms with Crippen molar-refractivity contribution in [1.29, 1.82) is 0 Å². The summed E-state index contributed by atoms with van der Waals surface area (Å²) in [5.74, 6) is 3.58. The first kappa shape index (κ1) is 12.0. The van der Waals surface area contributed by atoms with Crippen molar-refractivity contribution in [2.75, 3.05) is 14.1 Å². The van der Waals surface area contributed by atoms with Crippen molar-refractivity contribution < 1.29 is 4.79 Å². The lowest BCUT2D eigenvalue weighted by Crippen LogP contribution is -2.25. The molecule has 74 valence electrons. The average Bonchev–Trinajstić information content (AvgIpc) is 2.03. The van der Waals surface area contributed by atoms with E-state index in [1.807, 2.05) is 0 Å². The third kappa shape index (κ3) is 4.57. The van der Waals surface area contributed by atoms with Crippen LogP contribution in [0.25, 0.3) is 0 Å². The van der Waals surface area contributed by atoms with Crippen molar-refractivity contribution in [3.63, 3.8) is 0 Å². The Morgan fingerprint density at radius 3 is 2.31 bits per heavy atom. The molecule has 0 saturated carbocycles. The molecule has 2 heteroatoms. The Labute approximate surface area is 81.3 Å². The molecular formula is C11H19NO. The normalized spacial score (nSPS) is 12.3. The number of rotatable bonds is 4. The van der Waals surface area contributed by atoms with E-state index in [1.54, 1.807) is 19.0 Å². The Balaban J connectivity index is 4.11. The van der Waals surface area contributed by atoms with E-state index >= 15 is 0 Å². The molecule has 0 aliphatic heterocycles. The predicted octanol–water partition coefficient (Wildman–Crippen LogP) is 1.76. The third-order valence-corrected chi connectivity index (χ3v) is 2.26. The van der Waals surface area contributed by atoms with E-state index in [1.165, 1.54) is 0 Å². The van der Waals surface area contributed by atoms with Crippen LogP contribution >= 0.6 is 0 Å². The van der Waals surface area contributed by atoms with Gasteiger partial charge in [-0.2, -0.15) is 0 Å². The standard InChI is InChI=1S/C11H19NO/c1-6-7-10(9(2)3)8-11(13)12(4)5/h1,9-10H,7-8H2,2-5H3. The van der Waals surface area contributed by atoms with E-state index in [-0.39, 0.29) is 5.91 Å². The molecule has 0 spiro atoms. The van der Waals surface area contributed by atoms with Gasteiger partial charge < -0.3 is 4.90 Å². The molecular weight excluding hydrogens is 162 g/mol. The number of hydrogen-bond acceptors (Lipinski definition) is 1. The Hall–Kier alpha value is -0.970. The molecule has 0 fully saturated rings. The Kier molecular flexibility index (Phi) is 5.22. The van der Waals surface area contributed by atoms with Crippen LogP contribution in [0.4, 0.5) is 0 Å². The zero-order valence-electron chi connectivity index (χ0n) is 9.00. The maximum atomic E-state index is 11.4. The molecule has 0 bridgehead atoms. The van der Waals surface area contributed by atoms with Crippen LogP contribution in [0.5, 0.6) is 0 Å². The van der Waals surface area contributed by atoms with Crippen LogP contribution in [0.3, 0.4) is 0 Å². The first-order chi connectivity index (χ1) is 5.99. The minimum atomic E-state index is 0.161. The fourth-order valence-corrected chi connectivity index (χ4v) is 1.10. The molecule has 0 aromatic carbocycles. The Morgan fingerprint density at radius 1 is 1.46 bits per heavy atom. The van der Waals surface area contributed by atoms with Crippen LogP contribution in [-0.4, -0.2) is 24.9 Å². The van der Waals surface area contributed by atoms with Crippen LogP contribution in [-0.2, 0) is 4.79 Å². The summed E-state index contributed by atoms with van der Waals surface area (Å²) >= 11 is 0. The van der Waals surface area contributed by atoms with Gasteiger partial charge in [-0.25, -0.2) is 0 Å². The van der Waals surface area contributed by atoms with E-state index in [0.717, 1.165) is 0 Å². The van der Waals surface area contributed by atoms with Gasteiger partial charge in [0.2, 0.25) is 5.91 Å². The number of carbonyl (C=O) groups excluding carboxylic acids is 1. The van der Waals surface area contributed by atoms with Gasteiger partial charge in [-0.3, -0.25) is 4.79 Å². The molecule has 1 atom stereocenters. The molecule has 0 N–H and O–H groups in total. The van der Waals surface area contributed by atoms with Gasteiger partial charge in [-0.1, -0.05) is 13.8 Å². The van der Waals surface area contributed by atoms with Gasteiger partial charge in [0.25, 0.3) is 0 Å². The number of nitrogens with zero attached hydrogens (tertiary/aromatic N) is 1. The van der Waals surface area contributed by atoms with Crippen LogP contribution in [0.2, 0.25) is 0 Å². The van der Waals surface area contributed by atoms with Gasteiger partial charge in [-0.05, 0) is 11.8 Å². The molecule has 1 amide bonds. The zero-order chi connectivity index (χ0) is 10.4. The van der Waals surface area contributed by atoms with Crippen molar-refractivity contribution in [2.24, 2.45) is 11.8 Å². The van der Waals surface area contributed by atoms with E-state index in [2.05, 4.69) is 19.8 Å². The second-order valence-corrected chi connectivity index (χ2v) is 3.90. The average molecular weight is 181 g/mol. The topological polar surface area (TPSA) is 20.3 Å². The van der Waals surface area contributed by atoms with Gasteiger partial charge in [0.15, 0.2) is 0 Å². The maximum absolute atomic E-state index is 11.4. The van der Waals surface area contributed by atoms with Crippen molar-refractivity contribution in [2.45, 2.75) is 26.7 Å². The molecule has 0 aromatic heterocycles. The molecule has 0 aliphatic carbocycles. The summed E-state index contributed by atoms with van der Waals surface area (Å²) in [4.78, 5) is 13.0. The summed E-state index contributed by atoms with van der Waals surface area (Å²) in [6.45, 7) is 4.20. The Bertz CT molecular complexity index is 201. The van der Waals surface area contributed by atoms with Crippen molar-refractivity contribution in [3.8, 4) is 12.3 Å². The van der Waals surface area contributed by atoms with Crippen molar-refractivity contribution in [3.05, 3.63) is 0 Å². The van der Waals surface area contributed by atoms with Crippen LogP contribution in [0.1, 0.15) is 26.7 Å². The smallest absolute Gasteiger partial charge is 0.222 e. The Morgan fingerprint density at radius 2 is 2.00 bits per heavy atom. The fourth-order valence-electron chi connectivity index (χ4n) is 1.10. The van der Waals surface area contributed by atoms with Crippen LogP contribution < -0.4 is 0 Å². The minimum absolute atomic E-state index is 0.161. The van der Waals surface area contributed by atoms with E-state index < -0.39 is 0 Å².